The zero-order chi connectivity index (χ0) is 16.9. The number of carbonyl (C=O) groups is 1. The fourth-order valence-corrected chi connectivity index (χ4v) is 2.53. The van der Waals surface area contributed by atoms with E-state index in [1.807, 2.05) is 55.6 Å². The number of amides is 2. The van der Waals surface area contributed by atoms with Crippen LogP contribution < -0.4 is 5.32 Å². The molecule has 5 heteroatoms. The molecule has 0 bridgehead atoms. The van der Waals surface area contributed by atoms with E-state index in [-0.39, 0.29) is 6.03 Å². The van der Waals surface area contributed by atoms with Crippen molar-refractivity contribution in [1.82, 2.24) is 15.1 Å². The molecule has 24 heavy (non-hydrogen) atoms. The van der Waals surface area contributed by atoms with Crippen LogP contribution in [0.2, 0.25) is 0 Å². The second kappa shape index (κ2) is 7.00. The summed E-state index contributed by atoms with van der Waals surface area (Å²) in [5, 5.41) is 9.64. The lowest BCUT2D eigenvalue weighted by Gasteiger charge is -2.18. The van der Waals surface area contributed by atoms with E-state index >= 15 is 0 Å². The first-order valence-corrected chi connectivity index (χ1v) is 7.79. The van der Waals surface area contributed by atoms with E-state index < -0.39 is 0 Å². The van der Waals surface area contributed by atoms with Crippen LogP contribution in [0.25, 0.3) is 11.1 Å². The van der Waals surface area contributed by atoms with Crippen LogP contribution in [0.5, 0.6) is 0 Å². The second-order valence-electron chi connectivity index (χ2n) is 5.84. The van der Waals surface area contributed by atoms with Gasteiger partial charge in [-0.1, -0.05) is 42.0 Å². The molecule has 0 aliphatic carbocycles. The first-order valence-electron chi connectivity index (χ1n) is 7.79. The van der Waals surface area contributed by atoms with Crippen LogP contribution in [0.4, 0.5) is 10.5 Å². The van der Waals surface area contributed by atoms with Crippen LogP contribution in [-0.2, 0) is 6.54 Å². The standard InChI is InChI=1S/C19H20N4O/c1-14-4-3-5-15(10-14)13-23(2)19(24)22-18-8-6-16(7-9-18)17-11-20-21-12-17/h3-12H,13H2,1-2H3,(H,20,21)(H,22,24). The zero-order valence-electron chi connectivity index (χ0n) is 13.8. The van der Waals surface area contributed by atoms with Gasteiger partial charge in [0.05, 0.1) is 6.20 Å². The van der Waals surface area contributed by atoms with Crippen molar-refractivity contribution in [3.63, 3.8) is 0 Å². The Kier molecular flexibility index (Phi) is 4.61. The first kappa shape index (κ1) is 15.8. The maximum absolute atomic E-state index is 12.3. The van der Waals surface area contributed by atoms with E-state index in [1.165, 1.54) is 5.56 Å². The molecule has 0 saturated heterocycles. The van der Waals surface area contributed by atoms with E-state index in [2.05, 4.69) is 21.6 Å². The smallest absolute Gasteiger partial charge is 0.321 e. The molecule has 0 spiro atoms. The molecule has 0 fully saturated rings. The predicted octanol–water partition coefficient (Wildman–Crippen LogP) is 4.05. The van der Waals surface area contributed by atoms with Crippen LogP contribution in [0.3, 0.4) is 0 Å². The second-order valence-corrected chi connectivity index (χ2v) is 5.84. The number of benzene rings is 2. The molecule has 3 rings (SSSR count). The number of aryl methyl sites for hydroxylation is 1. The van der Waals surface area contributed by atoms with Crippen molar-refractivity contribution in [3.8, 4) is 11.1 Å². The maximum Gasteiger partial charge on any atom is 0.321 e. The number of aromatic amines is 1. The Bertz CT molecular complexity index is 810. The number of H-pyrrole nitrogens is 1. The molecule has 0 radical (unpaired) electrons. The number of anilines is 1. The fourth-order valence-electron chi connectivity index (χ4n) is 2.53. The maximum atomic E-state index is 12.3. The van der Waals surface area contributed by atoms with Crippen LogP contribution >= 0.6 is 0 Å². The topological polar surface area (TPSA) is 61.0 Å². The number of nitrogens with zero attached hydrogens (tertiary/aromatic N) is 2. The highest BCUT2D eigenvalue weighted by atomic mass is 16.2. The number of aromatic nitrogens is 2. The Morgan fingerprint density at radius 2 is 1.96 bits per heavy atom. The molecule has 2 N–H and O–H groups in total. The summed E-state index contributed by atoms with van der Waals surface area (Å²) in [5.41, 5.74) is 5.14. The van der Waals surface area contributed by atoms with Gasteiger partial charge in [0, 0.05) is 31.0 Å². The van der Waals surface area contributed by atoms with E-state index in [0.29, 0.717) is 6.54 Å². The Labute approximate surface area is 141 Å². The minimum Gasteiger partial charge on any atom is -0.323 e. The van der Waals surface area contributed by atoms with Gasteiger partial charge < -0.3 is 10.2 Å². The molecule has 0 aliphatic rings. The van der Waals surface area contributed by atoms with E-state index in [4.69, 9.17) is 0 Å². The van der Waals surface area contributed by atoms with Crippen molar-refractivity contribution < 1.29 is 4.79 Å². The fraction of sp³-hybridized carbons (Fsp3) is 0.158. The molecule has 5 nitrogen and oxygen atoms in total. The molecule has 0 unspecified atom stereocenters. The van der Waals surface area contributed by atoms with E-state index in [1.54, 1.807) is 18.1 Å². The average molecular weight is 320 g/mol. The molecular weight excluding hydrogens is 300 g/mol. The third-order valence-corrected chi connectivity index (χ3v) is 3.82. The minimum atomic E-state index is -0.132. The summed E-state index contributed by atoms with van der Waals surface area (Å²) in [4.78, 5) is 14.0. The van der Waals surface area contributed by atoms with Crippen LogP contribution in [-0.4, -0.2) is 28.2 Å². The lowest BCUT2D eigenvalue weighted by atomic mass is 10.1. The third kappa shape index (κ3) is 3.81. The highest BCUT2D eigenvalue weighted by molar-refractivity contribution is 5.89. The SMILES string of the molecule is Cc1cccc(CN(C)C(=O)Nc2ccc(-c3cn[nH]c3)cc2)c1. The third-order valence-electron chi connectivity index (χ3n) is 3.82. The molecule has 0 atom stereocenters. The molecule has 0 saturated carbocycles. The van der Waals surface area contributed by atoms with Crippen LogP contribution in [0.15, 0.2) is 60.9 Å². The Morgan fingerprint density at radius 3 is 2.62 bits per heavy atom. The summed E-state index contributed by atoms with van der Waals surface area (Å²) in [6, 6.07) is 15.7. The monoisotopic (exact) mass is 320 g/mol. The molecule has 3 aromatic rings. The van der Waals surface area contributed by atoms with Gasteiger partial charge in [-0.15, -0.1) is 0 Å². The van der Waals surface area contributed by atoms with Crippen LogP contribution in [0.1, 0.15) is 11.1 Å². The number of hydrogen-bond donors (Lipinski definition) is 2. The van der Waals surface area contributed by atoms with Gasteiger partial charge in [0.25, 0.3) is 0 Å². The van der Waals surface area contributed by atoms with E-state index in [0.717, 1.165) is 22.4 Å². The lowest BCUT2D eigenvalue weighted by molar-refractivity contribution is 0.220. The lowest BCUT2D eigenvalue weighted by Crippen LogP contribution is -2.30. The number of rotatable bonds is 4. The van der Waals surface area contributed by atoms with Gasteiger partial charge in [-0.3, -0.25) is 5.10 Å². The largest absolute Gasteiger partial charge is 0.323 e. The van der Waals surface area contributed by atoms with Gasteiger partial charge in [0.2, 0.25) is 0 Å². The summed E-state index contributed by atoms with van der Waals surface area (Å²) in [6.07, 6.45) is 3.60. The average Bonchev–Trinajstić information content (AvgIpc) is 3.10. The van der Waals surface area contributed by atoms with E-state index in [9.17, 15) is 4.79 Å². The number of nitrogens with one attached hydrogen (secondary N) is 2. The predicted molar refractivity (Wildman–Crippen MR) is 95.7 cm³/mol. The Hall–Kier alpha value is -3.08. The van der Waals surface area contributed by atoms with Crippen molar-refractivity contribution in [3.05, 3.63) is 72.1 Å². The summed E-state index contributed by atoms with van der Waals surface area (Å²) in [7, 11) is 1.79. The summed E-state index contributed by atoms with van der Waals surface area (Å²) in [6.45, 7) is 2.62. The molecule has 2 amide bonds. The number of hydrogen-bond acceptors (Lipinski definition) is 2. The van der Waals surface area contributed by atoms with Gasteiger partial charge in [0.15, 0.2) is 0 Å². The van der Waals surface area contributed by atoms with Gasteiger partial charge in [0.1, 0.15) is 0 Å². The van der Waals surface area contributed by atoms with Crippen LogP contribution in [0, 0.1) is 6.92 Å². The van der Waals surface area contributed by atoms with Crippen molar-refractivity contribution in [2.45, 2.75) is 13.5 Å². The quantitative estimate of drug-likeness (QED) is 0.762. The zero-order valence-corrected chi connectivity index (χ0v) is 13.8. The van der Waals surface area contributed by atoms with Crippen molar-refractivity contribution in [1.29, 1.82) is 0 Å². The van der Waals surface area contributed by atoms with Crippen molar-refractivity contribution >= 4 is 11.7 Å². The van der Waals surface area contributed by atoms with Gasteiger partial charge >= 0.3 is 6.03 Å². The Balaban J connectivity index is 1.61. The number of carbonyl (C=O) groups excluding carboxylic acids is 1. The summed E-state index contributed by atoms with van der Waals surface area (Å²) in [5.74, 6) is 0. The highest BCUT2D eigenvalue weighted by Gasteiger charge is 2.09. The van der Waals surface area contributed by atoms with Gasteiger partial charge in [-0.25, -0.2) is 4.79 Å². The Morgan fingerprint density at radius 1 is 1.17 bits per heavy atom. The minimum absolute atomic E-state index is 0.132. The highest BCUT2D eigenvalue weighted by Crippen LogP contribution is 2.20. The first-order chi connectivity index (χ1) is 11.6. The van der Waals surface area contributed by atoms with Crippen molar-refractivity contribution in [2.75, 3.05) is 12.4 Å². The summed E-state index contributed by atoms with van der Waals surface area (Å²) < 4.78 is 0. The molecular formula is C19H20N4O. The van der Waals surface area contributed by atoms with Gasteiger partial charge in [-0.2, -0.15) is 5.10 Å². The summed E-state index contributed by atoms with van der Waals surface area (Å²) >= 11 is 0. The normalized spacial score (nSPS) is 10.4. The van der Waals surface area contributed by atoms with Crippen molar-refractivity contribution in [2.24, 2.45) is 0 Å². The molecule has 0 aliphatic heterocycles. The molecule has 1 aromatic heterocycles. The number of urea groups is 1. The molecule has 1 heterocycles. The van der Waals surface area contributed by atoms with Gasteiger partial charge in [-0.05, 0) is 30.2 Å². The molecule has 122 valence electrons. The molecule has 2 aromatic carbocycles.